The van der Waals surface area contributed by atoms with Crippen molar-refractivity contribution in [2.45, 2.75) is 0 Å². The van der Waals surface area contributed by atoms with Gasteiger partial charge in [0.2, 0.25) is 0 Å². The van der Waals surface area contributed by atoms with Gasteiger partial charge in [0.15, 0.2) is 0 Å². The fourth-order valence-corrected chi connectivity index (χ4v) is 1.77. The number of carbonyl (C=O) groups excluding carboxylic acids is 3. The molecule has 0 saturated carbocycles. The predicted octanol–water partition coefficient (Wildman–Crippen LogP) is 0.926. The summed E-state index contributed by atoms with van der Waals surface area (Å²) in [6, 6.07) is 11.3. The Hall–Kier alpha value is -2.93. The molecule has 0 aliphatic rings. The van der Waals surface area contributed by atoms with E-state index in [-0.39, 0.29) is 12.2 Å². The lowest BCUT2D eigenvalue weighted by atomic mass is 10.2. The molecular formula is C15H13ClN4O3. The first-order valence-corrected chi connectivity index (χ1v) is 6.98. The number of rotatable bonds is 4. The molecule has 1 aromatic heterocycles. The number of pyridine rings is 1. The Kier molecular flexibility index (Phi) is 5.65. The highest BCUT2D eigenvalue weighted by Gasteiger charge is 2.10. The Morgan fingerprint density at radius 2 is 1.74 bits per heavy atom. The van der Waals surface area contributed by atoms with Crippen LogP contribution in [0.25, 0.3) is 0 Å². The first-order chi connectivity index (χ1) is 11.1. The van der Waals surface area contributed by atoms with E-state index >= 15 is 0 Å². The first kappa shape index (κ1) is 16.4. The van der Waals surface area contributed by atoms with E-state index in [1.807, 2.05) is 0 Å². The molecule has 0 radical (unpaired) electrons. The Balaban J connectivity index is 1.77. The third kappa shape index (κ3) is 5.08. The second-order valence-corrected chi connectivity index (χ2v) is 4.85. The number of hydrogen-bond donors (Lipinski definition) is 3. The zero-order valence-electron chi connectivity index (χ0n) is 11.9. The van der Waals surface area contributed by atoms with Crippen LogP contribution in [0.3, 0.4) is 0 Å². The molecule has 1 aromatic carbocycles. The SMILES string of the molecule is O=C(CNC(=O)c1cc(Cl)ccn1)NNC(=O)c1ccccc1. The van der Waals surface area contributed by atoms with Crippen LogP contribution in [0, 0.1) is 0 Å². The highest BCUT2D eigenvalue weighted by atomic mass is 35.5. The van der Waals surface area contributed by atoms with Gasteiger partial charge in [-0.25, -0.2) is 0 Å². The number of amides is 3. The molecule has 3 N–H and O–H groups in total. The van der Waals surface area contributed by atoms with Crippen molar-refractivity contribution in [1.82, 2.24) is 21.2 Å². The molecule has 0 aliphatic heterocycles. The molecule has 0 fully saturated rings. The van der Waals surface area contributed by atoms with Crippen LogP contribution in [0.2, 0.25) is 5.02 Å². The summed E-state index contributed by atoms with van der Waals surface area (Å²) in [7, 11) is 0. The third-order valence-electron chi connectivity index (χ3n) is 2.72. The molecular weight excluding hydrogens is 320 g/mol. The van der Waals surface area contributed by atoms with Crippen molar-refractivity contribution in [2.75, 3.05) is 6.54 Å². The molecule has 23 heavy (non-hydrogen) atoms. The van der Waals surface area contributed by atoms with Crippen LogP contribution in [-0.2, 0) is 4.79 Å². The number of halogens is 1. The monoisotopic (exact) mass is 332 g/mol. The highest BCUT2D eigenvalue weighted by molar-refractivity contribution is 6.30. The highest BCUT2D eigenvalue weighted by Crippen LogP contribution is 2.07. The first-order valence-electron chi connectivity index (χ1n) is 6.60. The van der Waals surface area contributed by atoms with E-state index in [0.29, 0.717) is 10.6 Å². The maximum Gasteiger partial charge on any atom is 0.270 e. The summed E-state index contributed by atoms with van der Waals surface area (Å²) in [6.07, 6.45) is 1.39. The van der Waals surface area contributed by atoms with Gasteiger partial charge in [0, 0.05) is 16.8 Å². The van der Waals surface area contributed by atoms with Gasteiger partial charge in [0.1, 0.15) is 5.69 Å². The Morgan fingerprint density at radius 3 is 2.43 bits per heavy atom. The molecule has 3 amide bonds. The normalized spacial score (nSPS) is 9.78. The molecule has 118 valence electrons. The van der Waals surface area contributed by atoms with Gasteiger partial charge in [0.25, 0.3) is 17.7 Å². The number of carbonyl (C=O) groups is 3. The lowest BCUT2D eigenvalue weighted by molar-refractivity contribution is -0.120. The van der Waals surface area contributed by atoms with E-state index in [4.69, 9.17) is 11.6 Å². The van der Waals surface area contributed by atoms with Gasteiger partial charge < -0.3 is 5.32 Å². The number of hydrazine groups is 1. The molecule has 0 unspecified atom stereocenters. The predicted molar refractivity (Wildman–Crippen MR) is 83.6 cm³/mol. The van der Waals surface area contributed by atoms with Crippen molar-refractivity contribution in [2.24, 2.45) is 0 Å². The van der Waals surface area contributed by atoms with Gasteiger partial charge in [0.05, 0.1) is 6.54 Å². The quantitative estimate of drug-likeness (QED) is 0.725. The summed E-state index contributed by atoms with van der Waals surface area (Å²) in [4.78, 5) is 38.9. The summed E-state index contributed by atoms with van der Waals surface area (Å²) >= 11 is 5.75. The van der Waals surface area contributed by atoms with E-state index in [1.165, 1.54) is 18.3 Å². The van der Waals surface area contributed by atoms with Crippen LogP contribution < -0.4 is 16.2 Å². The van der Waals surface area contributed by atoms with Crippen molar-refractivity contribution in [3.63, 3.8) is 0 Å². The number of hydrogen-bond acceptors (Lipinski definition) is 4. The maximum atomic E-state index is 11.8. The van der Waals surface area contributed by atoms with E-state index in [0.717, 1.165) is 0 Å². The minimum Gasteiger partial charge on any atom is -0.342 e. The van der Waals surface area contributed by atoms with Gasteiger partial charge >= 0.3 is 0 Å². The van der Waals surface area contributed by atoms with Gasteiger partial charge in [-0.05, 0) is 24.3 Å². The average Bonchev–Trinajstić information content (AvgIpc) is 2.58. The minimum absolute atomic E-state index is 0.0959. The molecule has 0 aliphatic carbocycles. The summed E-state index contributed by atoms with van der Waals surface area (Å²) in [6.45, 7) is -0.317. The van der Waals surface area contributed by atoms with Crippen molar-refractivity contribution in [1.29, 1.82) is 0 Å². The van der Waals surface area contributed by atoms with E-state index in [9.17, 15) is 14.4 Å². The molecule has 2 aromatic rings. The molecule has 0 atom stereocenters. The molecule has 0 saturated heterocycles. The van der Waals surface area contributed by atoms with Crippen molar-refractivity contribution < 1.29 is 14.4 Å². The van der Waals surface area contributed by atoms with Gasteiger partial charge in [-0.2, -0.15) is 0 Å². The molecule has 2 rings (SSSR count). The molecule has 0 spiro atoms. The van der Waals surface area contributed by atoms with Gasteiger partial charge in [-0.1, -0.05) is 29.8 Å². The Labute approximate surface area is 137 Å². The van der Waals surface area contributed by atoms with Gasteiger partial charge in [-0.15, -0.1) is 0 Å². The Bertz CT molecular complexity index is 722. The van der Waals surface area contributed by atoms with Crippen molar-refractivity contribution in [3.05, 3.63) is 64.9 Å². The fourth-order valence-electron chi connectivity index (χ4n) is 1.61. The minimum atomic E-state index is -0.579. The van der Waals surface area contributed by atoms with Crippen molar-refractivity contribution >= 4 is 29.3 Å². The second-order valence-electron chi connectivity index (χ2n) is 4.41. The standard InChI is InChI=1S/C15H13ClN4O3/c16-11-6-7-17-12(8-11)15(23)18-9-13(21)19-20-14(22)10-4-2-1-3-5-10/h1-8H,9H2,(H,18,23)(H,19,21)(H,20,22). The number of nitrogens with one attached hydrogen (secondary N) is 3. The van der Waals surface area contributed by atoms with Crippen LogP contribution in [0.1, 0.15) is 20.8 Å². The number of aromatic nitrogens is 1. The van der Waals surface area contributed by atoms with Gasteiger partial charge in [-0.3, -0.25) is 30.2 Å². The molecule has 1 heterocycles. The smallest absolute Gasteiger partial charge is 0.270 e. The van der Waals surface area contributed by atoms with Crippen LogP contribution >= 0.6 is 11.6 Å². The zero-order chi connectivity index (χ0) is 16.7. The summed E-state index contributed by atoms with van der Waals surface area (Å²) in [5.74, 6) is -1.58. The second kappa shape index (κ2) is 7.90. The lowest BCUT2D eigenvalue weighted by Gasteiger charge is -2.08. The largest absolute Gasteiger partial charge is 0.342 e. The topological polar surface area (TPSA) is 100 Å². The Morgan fingerprint density at radius 1 is 1.00 bits per heavy atom. The maximum absolute atomic E-state index is 11.8. The summed E-state index contributed by atoms with van der Waals surface area (Å²) < 4.78 is 0. The van der Waals surface area contributed by atoms with Crippen LogP contribution in [-0.4, -0.2) is 29.3 Å². The van der Waals surface area contributed by atoms with Crippen LogP contribution in [0.15, 0.2) is 48.7 Å². The third-order valence-corrected chi connectivity index (χ3v) is 2.95. The van der Waals surface area contributed by atoms with E-state index < -0.39 is 17.7 Å². The molecule has 8 heteroatoms. The summed E-state index contributed by atoms with van der Waals surface area (Å²) in [5.41, 5.74) is 4.94. The zero-order valence-corrected chi connectivity index (χ0v) is 12.6. The number of benzene rings is 1. The molecule has 7 nitrogen and oxygen atoms in total. The molecule has 0 bridgehead atoms. The van der Waals surface area contributed by atoms with Crippen LogP contribution in [0.4, 0.5) is 0 Å². The lowest BCUT2D eigenvalue weighted by Crippen LogP contribution is -2.46. The number of nitrogens with zero attached hydrogens (tertiary/aromatic N) is 1. The van der Waals surface area contributed by atoms with E-state index in [2.05, 4.69) is 21.2 Å². The average molecular weight is 333 g/mol. The van der Waals surface area contributed by atoms with Crippen LogP contribution in [0.5, 0.6) is 0 Å². The van der Waals surface area contributed by atoms with E-state index in [1.54, 1.807) is 30.3 Å². The summed E-state index contributed by atoms with van der Waals surface area (Å²) in [5, 5.41) is 2.73. The fraction of sp³-hybridized carbons (Fsp3) is 0.0667. The van der Waals surface area contributed by atoms with Crippen molar-refractivity contribution in [3.8, 4) is 0 Å².